The lowest BCUT2D eigenvalue weighted by atomic mass is 10.1. The van der Waals surface area contributed by atoms with Crippen molar-refractivity contribution in [2.75, 3.05) is 12.8 Å². The zero-order valence-corrected chi connectivity index (χ0v) is 15.9. The van der Waals surface area contributed by atoms with Gasteiger partial charge in [0, 0.05) is 19.2 Å². The van der Waals surface area contributed by atoms with E-state index in [1.54, 1.807) is 12.1 Å². The maximum absolute atomic E-state index is 12.6. The summed E-state index contributed by atoms with van der Waals surface area (Å²) in [6.07, 6.45) is 1.39. The van der Waals surface area contributed by atoms with Crippen LogP contribution in [0.1, 0.15) is 16.1 Å². The number of benzene rings is 2. The minimum absolute atomic E-state index is 0.00333. The van der Waals surface area contributed by atoms with Crippen molar-refractivity contribution in [3.8, 4) is 11.3 Å². The molecule has 0 unspecified atom stereocenters. The summed E-state index contributed by atoms with van der Waals surface area (Å²) in [4.78, 5) is 20.1. The fourth-order valence-electron chi connectivity index (χ4n) is 2.50. The third-order valence-corrected chi connectivity index (χ3v) is 5.39. The van der Waals surface area contributed by atoms with Gasteiger partial charge in [0.1, 0.15) is 0 Å². The van der Waals surface area contributed by atoms with E-state index in [0.717, 1.165) is 5.56 Å². The van der Waals surface area contributed by atoms with Gasteiger partial charge >= 0.3 is 0 Å². The van der Waals surface area contributed by atoms with Crippen LogP contribution in [0.2, 0.25) is 0 Å². The van der Waals surface area contributed by atoms with E-state index in [2.05, 4.69) is 20.0 Å². The highest BCUT2D eigenvalue weighted by atomic mass is 32.2. The standard InChI is InChI=1S/C19H19N5O3S/c1-21-19(25)17-18(20)22-12-16(24-17)14-8-5-9-15(10-14)28(26,27)23-11-13-6-3-2-4-7-13/h2-10,12,23H,11H2,1H3,(H2,20,22)(H,21,25). The molecular weight excluding hydrogens is 378 g/mol. The van der Waals surface area contributed by atoms with E-state index < -0.39 is 15.9 Å². The predicted octanol–water partition coefficient (Wildman–Crippen LogP) is 1.56. The molecule has 8 nitrogen and oxygen atoms in total. The molecule has 9 heteroatoms. The maximum Gasteiger partial charge on any atom is 0.273 e. The molecule has 0 aliphatic rings. The van der Waals surface area contributed by atoms with Crippen LogP contribution in [0.4, 0.5) is 5.82 Å². The van der Waals surface area contributed by atoms with Crippen molar-refractivity contribution in [1.29, 1.82) is 0 Å². The number of nitrogens with two attached hydrogens (primary N) is 1. The fourth-order valence-corrected chi connectivity index (χ4v) is 3.57. The van der Waals surface area contributed by atoms with Crippen LogP contribution in [-0.2, 0) is 16.6 Å². The molecule has 0 spiro atoms. The zero-order chi connectivity index (χ0) is 20.1. The summed E-state index contributed by atoms with van der Waals surface area (Å²) in [7, 11) is -2.27. The van der Waals surface area contributed by atoms with Crippen LogP contribution in [-0.4, -0.2) is 31.3 Å². The Morgan fingerprint density at radius 2 is 1.86 bits per heavy atom. The Morgan fingerprint density at radius 1 is 1.11 bits per heavy atom. The van der Waals surface area contributed by atoms with E-state index in [9.17, 15) is 13.2 Å². The Morgan fingerprint density at radius 3 is 2.57 bits per heavy atom. The van der Waals surface area contributed by atoms with E-state index in [1.807, 2.05) is 30.3 Å². The number of carbonyl (C=O) groups excluding carboxylic acids is 1. The molecule has 0 bridgehead atoms. The van der Waals surface area contributed by atoms with Crippen molar-refractivity contribution < 1.29 is 13.2 Å². The van der Waals surface area contributed by atoms with Crippen LogP contribution < -0.4 is 15.8 Å². The van der Waals surface area contributed by atoms with Gasteiger partial charge in [-0.3, -0.25) is 4.79 Å². The number of sulfonamides is 1. The van der Waals surface area contributed by atoms with Gasteiger partial charge in [0.25, 0.3) is 5.91 Å². The van der Waals surface area contributed by atoms with Crippen molar-refractivity contribution in [2.45, 2.75) is 11.4 Å². The van der Waals surface area contributed by atoms with Crippen LogP contribution in [0, 0.1) is 0 Å². The molecule has 28 heavy (non-hydrogen) atoms. The summed E-state index contributed by atoms with van der Waals surface area (Å²) in [5.41, 5.74) is 7.37. The fraction of sp³-hybridized carbons (Fsp3) is 0.105. The van der Waals surface area contributed by atoms with Gasteiger partial charge in [-0.25, -0.2) is 23.1 Å². The minimum Gasteiger partial charge on any atom is -0.382 e. The number of nitrogens with zero attached hydrogens (tertiary/aromatic N) is 2. The average Bonchev–Trinajstić information content (AvgIpc) is 2.73. The second-order valence-electron chi connectivity index (χ2n) is 5.91. The van der Waals surface area contributed by atoms with Crippen LogP contribution in [0.5, 0.6) is 0 Å². The molecule has 0 radical (unpaired) electrons. The molecule has 2 aromatic carbocycles. The maximum atomic E-state index is 12.6. The quantitative estimate of drug-likeness (QED) is 0.579. The van der Waals surface area contributed by atoms with E-state index in [-0.39, 0.29) is 23.0 Å². The van der Waals surface area contributed by atoms with Crippen molar-refractivity contribution in [2.24, 2.45) is 0 Å². The molecular formula is C19H19N5O3S. The molecule has 0 aliphatic carbocycles. The summed E-state index contributed by atoms with van der Waals surface area (Å²) in [6.45, 7) is 0.176. The van der Waals surface area contributed by atoms with Gasteiger partial charge in [-0.1, -0.05) is 42.5 Å². The lowest BCUT2D eigenvalue weighted by Crippen LogP contribution is -2.23. The first-order chi connectivity index (χ1) is 13.4. The number of rotatable bonds is 6. The van der Waals surface area contributed by atoms with Gasteiger partial charge < -0.3 is 11.1 Å². The number of anilines is 1. The van der Waals surface area contributed by atoms with Gasteiger partial charge in [0.15, 0.2) is 11.5 Å². The number of aromatic nitrogens is 2. The molecule has 0 fully saturated rings. The molecule has 1 aromatic heterocycles. The number of hydrogen-bond donors (Lipinski definition) is 3. The van der Waals surface area contributed by atoms with E-state index in [0.29, 0.717) is 11.3 Å². The smallest absolute Gasteiger partial charge is 0.273 e. The summed E-state index contributed by atoms with van der Waals surface area (Å²) < 4.78 is 27.8. The number of nitrogens with one attached hydrogen (secondary N) is 2. The third-order valence-electron chi connectivity index (χ3n) is 3.99. The molecule has 4 N–H and O–H groups in total. The van der Waals surface area contributed by atoms with Crippen molar-refractivity contribution >= 4 is 21.7 Å². The normalized spacial score (nSPS) is 11.2. The van der Waals surface area contributed by atoms with E-state index in [4.69, 9.17) is 5.73 Å². The Hall–Kier alpha value is -3.30. The second-order valence-corrected chi connectivity index (χ2v) is 7.67. The molecule has 1 heterocycles. The Bertz CT molecular complexity index is 1100. The monoisotopic (exact) mass is 397 g/mol. The minimum atomic E-state index is -3.73. The first kappa shape index (κ1) is 19.5. The first-order valence-corrected chi connectivity index (χ1v) is 9.87. The highest BCUT2D eigenvalue weighted by Gasteiger charge is 2.17. The summed E-state index contributed by atoms with van der Waals surface area (Å²) in [5, 5.41) is 2.44. The van der Waals surface area contributed by atoms with Crippen LogP contribution in [0.3, 0.4) is 0 Å². The van der Waals surface area contributed by atoms with E-state index in [1.165, 1.54) is 25.4 Å². The lowest BCUT2D eigenvalue weighted by Gasteiger charge is -2.09. The highest BCUT2D eigenvalue weighted by molar-refractivity contribution is 7.89. The molecule has 0 atom stereocenters. The summed E-state index contributed by atoms with van der Waals surface area (Å²) in [6, 6.07) is 15.5. The molecule has 1 amide bonds. The Labute approximate surface area is 162 Å². The Kier molecular flexibility index (Phi) is 5.67. The molecule has 3 rings (SSSR count). The zero-order valence-electron chi connectivity index (χ0n) is 15.1. The van der Waals surface area contributed by atoms with Crippen molar-refractivity contribution in [3.05, 3.63) is 72.1 Å². The second kappa shape index (κ2) is 8.15. The SMILES string of the molecule is CNC(=O)c1nc(-c2cccc(S(=O)(=O)NCc3ccccc3)c2)cnc1N. The van der Waals surface area contributed by atoms with Gasteiger partial charge in [0.05, 0.1) is 16.8 Å². The summed E-state index contributed by atoms with van der Waals surface area (Å²) in [5.74, 6) is -0.475. The topological polar surface area (TPSA) is 127 Å². The molecule has 0 saturated carbocycles. The van der Waals surface area contributed by atoms with E-state index >= 15 is 0 Å². The number of carbonyl (C=O) groups is 1. The van der Waals surface area contributed by atoms with Crippen LogP contribution >= 0.6 is 0 Å². The molecule has 0 aliphatic heterocycles. The summed E-state index contributed by atoms with van der Waals surface area (Å²) >= 11 is 0. The average molecular weight is 397 g/mol. The predicted molar refractivity (Wildman–Crippen MR) is 106 cm³/mol. The third kappa shape index (κ3) is 4.33. The van der Waals surface area contributed by atoms with Gasteiger partial charge in [0.2, 0.25) is 10.0 Å². The number of nitrogen functional groups attached to an aromatic ring is 1. The van der Waals surface area contributed by atoms with Crippen molar-refractivity contribution in [3.63, 3.8) is 0 Å². The highest BCUT2D eigenvalue weighted by Crippen LogP contribution is 2.22. The largest absolute Gasteiger partial charge is 0.382 e. The molecule has 0 saturated heterocycles. The molecule has 3 aromatic rings. The number of hydrogen-bond acceptors (Lipinski definition) is 6. The van der Waals surface area contributed by atoms with Gasteiger partial charge in [-0.15, -0.1) is 0 Å². The van der Waals surface area contributed by atoms with Gasteiger partial charge in [-0.05, 0) is 17.7 Å². The van der Waals surface area contributed by atoms with Gasteiger partial charge in [-0.2, -0.15) is 0 Å². The van der Waals surface area contributed by atoms with Crippen LogP contribution in [0.25, 0.3) is 11.3 Å². The van der Waals surface area contributed by atoms with Crippen LogP contribution in [0.15, 0.2) is 65.7 Å². The first-order valence-electron chi connectivity index (χ1n) is 8.39. The molecule has 144 valence electrons. The van der Waals surface area contributed by atoms with Crippen molar-refractivity contribution in [1.82, 2.24) is 20.0 Å². The lowest BCUT2D eigenvalue weighted by molar-refractivity contribution is 0.0959. The Balaban J connectivity index is 1.89. The number of amides is 1.